The van der Waals surface area contributed by atoms with Crippen molar-refractivity contribution in [3.63, 3.8) is 0 Å². The first kappa shape index (κ1) is 27.7. The van der Waals surface area contributed by atoms with E-state index in [0.29, 0.717) is 6.61 Å². The molecule has 0 radical (unpaired) electrons. The largest absolute Gasteiger partial charge is 0.391 e. The second-order valence-electron chi connectivity index (χ2n) is 9.82. The van der Waals surface area contributed by atoms with Crippen molar-refractivity contribution in [2.24, 2.45) is 0 Å². The average Bonchev–Trinajstić information content (AvgIpc) is 3.11. The number of likely N-dealkylation sites (N-methyl/N-ethyl adjacent to an activating group) is 1. The van der Waals surface area contributed by atoms with E-state index in [-0.39, 0.29) is 0 Å². The van der Waals surface area contributed by atoms with Gasteiger partial charge in [0.05, 0.1) is 37.1 Å². The second-order valence-corrected chi connectivity index (χ2v) is 12.9. The first-order chi connectivity index (χ1) is 14.1. The average molecular weight is 447 g/mol. The van der Waals surface area contributed by atoms with Crippen molar-refractivity contribution in [2.45, 2.75) is 119 Å². The molecule has 2 atom stereocenters. The Morgan fingerprint density at radius 3 is 1.72 bits per heavy atom. The molecule has 1 fully saturated rings. The Kier molecular flexibility index (Phi) is 17.4. The molecule has 0 amide bonds. The summed E-state index contributed by atoms with van der Waals surface area (Å²) in [6, 6.07) is 0. The molecule has 0 aromatic carbocycles. The fourth-order valence-electron chi connectivity index (χ4n) is 4.35. The zero-order valence-corrected chi connectivity index (χ0v) is 21.6. The maximum atomic E-state index is 9.20. The molecule has 0 aromatic rings. The summed E-state index contributed by atoms with van der Waals surface area (Å²) in [4.78, 5) is 0. The van der Waals surface area contributed by atoms with Gasteiger partial charge in [0.1, 0.15) is 6.54 Å². The topological polar surface area (TPSA) is 20.2 Å². The summed E-state index contributed by atoms with van der Waals surface area (Å²) in [7, 11) is 4.51. The predicted octanol–water partition coefficient (Wildman–Crippen LogP) is 7.49. The van der Waals surface area contributed by atoms with Crippen molar-refractivity contribution in [1.29, 1.82) is 0 Å². The molecule has 1 heterocycles. The summed E-state index contributed by atoms with van der Waals surface area (Å²) in [5.74, 6) is 1.31. The fourth-order valence-corrected chi connectivity index (χ4v) is 8.01. The predicted molar refractivity (Wildman–Crippen MR) is 136 cm³/mol. The van der Waals surface area contributed by atoms with Gasteiger partial charge < -0.3 is 9.59 Å². The first-order valence-corrected chi connectivity index (χ1v) is 14.8. The van der Waals surface area contributed by atoms with Crippen LogP contribution in [-0.2, 0) is 0 Å². The monoisotopic (exact) mass is 446 g/mol. The maximum Gasteiger partial charge on any atom is 0.102 e. The van der Waals surface area contributed by atoms with E-state index in [2.05, 4.69) is 44.5 Å². The molecule has 0 aromatic heterocycles. The lowest BCUT2D eigenvalue weighted by atomic mass is 10.0. The van der Waals surface area contributed by atoms with Crippen molar-refractivity contribution in [1.82, 2.24) is 0 Å². The molecule has 0 saturated carbocycles. The quantitative estimate of drug-likeness (QED) is 0.154. The molecule has 0 spiro atoms. The van der Waals surface area contributed by atoms with E-state index < -0.39 is 0 Å². The van der Waals surface area contributed by atoms with Crippen LogP contribution in [0, 0.1) is 0 Å². The van der Waals surface area contributed by atoms with Crippen molar-refractivity contribution in [3.8, 4) is 0 Å². The standard InChI is InChI=1S/C25H52NOS2/c1-4-5-6-7-8-9-10-11-12-13-14-15-16-17-18-19-25-28-23-24(29-25)22-26(2,3)20-21-27/h24-25,27H,4-23H2,1-3H3/q+1. The third-order valence-corrected chi connectivity index (χ3v) is 9.65. The molecular weight excluding hydrogens is 394 g/mol. The normalized spacial score (nSPS) is 19.9. The zero-order chi connectivity index (χ0) is 21.2. The van der Waals surface area contributed by atoms with Gasteiger partial charge in [-0.2, -0.15) is 0 Å². The molecular formula is C25H52NOS2+. The Labute approximate surface area is 192 Å². The lowest BCUT2D eigenvalue weighted by Crippen LogP contribution is -2.46. The van der Waals surface area contributed by atoms with Gasteiger partial charge in [-0.15, -0.1) is 23.5 Å². The van der Waals surface area contributed by atoms with Crippen LogP contribution in [0.15, 0.2) is 0 Å². The van der Waals surface area contributed by atoms with Crippen LogP contribution in [0.1, 0.15) is 110 Å². The Hall–Kier alpha value is 0.620. The van der Waals surface area contributed by atoms with Crippen molar-refractivity contribution in [3.05, 3.63) is 0 Å². The molecule has 1 aliphatic rings. The zero-order valence-electron chi connectivity index (χ0n) is 20.0. The van der Waals surface area contributed by atoms with Crippen LogP contribution in [0.2, 0.25) is 0 Å². The number of hydrogen-bond donors (Lipinski definition) is 1. The van der Waals surface area contributed by atoms with Gasteiger partial charge in [-0.25, -0.2) is 0 Å². The van der Waals surface area contributed by atoms with E-state index in [1.165, 1.54) is 115 Å². The van der Waals surface area contributed by atoms with Crippen LogP contribution in [0.25, 0.3) is 0 Å². The van der Waals surface area contributed by atoms with Gasteiger partial charge in [-0.1, -0.05) is 103 Å². The third-order valence-electron chi connectivity index (χ3n) is 6.26. The minimum atomic E-state index is 0.306. The van der Waals surface area contributed by atoms with Crippen LogP contribution in [-0.4, -0.2) is 59.0 Å². The molecule has 174 valence electrons. The summed E-state index contributed by atoms with van der Waals surface area (Å²) in [5.41, 5.74) is 0. The van der Waals surface area contributed by atoms with E-state index in [0.717, 1.165) is 20.9 Å². The summed E-state index contributed by atoms with van der Waals surface area (Å²) >= 11 is 4.40. The summed E-state index contributed by atoms with van der Waals surface area (Å²) < 4.78 is 1.79. The SMILES string of the molecule is CCCCCCCCCCCCCCCCCC1SCC(C[N+](C)(C)CCO)S1. The molecule has 2 nitrogen and oxygen atoms in total. The smallest absolute Gasteiger partial charge is 0.102 e. The number of quaternary nitrogens is 1. The molecule has 0 bridgehead atoms. The van der Waals surface area contributed by atoms with Gasteiger partial charge in [0, 0.05) is 5.75 Å². The number of unbranched alkanes of at least 4 members (excludes halogenated alkanes) is 14. The van der Waals surface area contributed by atoms with E-state index >= 15 is 0 Å². The molecule has 1 rings (SSSR count). The lowest BCUT2D eigenvalue weighted by Gasteiger charge is -2.31. The second kappa shape index (κ2) is 18.2. The van der Waals surface area contributed by atoms with E-state index in [4.69, 9.17) is 0 Å². The minimum Gasteiger partial charge on any atom is -0.391 e. The van der Waals surface area contributed by atoms with E-state index in [9.17, 15) is 5.11 Å². The highest BCUT2D eigenvalue weighted by molar-refractivity contribution is 8.20. The minimum absolute atomic E-state index is 0.306. The molecule has 0 aliphatic carbocycles. The number of hydrogen-bond acceptors (Lipinski definition) is 3. The molecule has 4 heteroatoms. The highest BCUT2D eigenvalue weighted by atomic mass is 32.2. The van der Waals surface area contributed by atoms with Gasteiger partial charge >= 0.3 is 0 Å². The number of rotatable bonds is 20. The van der Waals surface area contributed by atoms with Gasteiger partial charge in [-0.3, -0.25) is 0 Å². The summed E-state index contributed by atoms with van der Waals surface area (Å²) in [6.07, 6.45) is 23.2. The Morgan fingerprint density at radius 1 is 0.759 bits per heavy atom. The first-order valence-electron chi connectivity index (χ1n) is 12.8. The highest BCUT2D eigenvalue weighted by Gasteiger charge is 2.30. The maximum absolute atomic E-state index is 9.20. The van der Waals surface area contributed by atoms with E-state index in [1.807, 2.05) is 0 Å². The summed E-state index contributed by atoms with van der Waals surface area (Å²) in [5, 5.41) is 9.98. The van der Waals surface area contributed by atoms with Gasteiger partial charge in [0.2, 0.25) is 0 Å². The van der Waals surface area contributed by atoms with Gasteiger partial charge in [-0.05, 0) is 6.42 Å². The van der Waals surface area contributed by atoms with Crippen LogP contribution in [0.5, 0.6) is 0 Å². The Bertz CT molecular complexity index is 365. The summed E-state index contributed by atoms with van der Waals surface area (Å²) in [6.45, 7) is 4.69. The number of aliphatic hydroxyl groups is 1. The van der Waals surface area contributed by atoms with Crippen LogP contribution in [0.4, 0.5) is 0 Å². The molecule has 1 N–H and O–H groups in total. The van der Waals surface area contributed by atoms with Gasteiger partial charge in [0.15, 0.2) is 0 Å². The van der Waals surface area contributed by atoms with Crippen molar-refractivity contribution >= 4 is 23.5 Å². The number of aliphatic hydroxyl groups excluding tert-OH is 1. The third kappa shape index (κ3) is 16.0. The molecule has 1 aliphatic heterocycles. The fraction of sp³-hybridized carbons (Fsp3) is 1.00. The Balaban J connectivity index is 1.82. The molecule has 2 unspecified atom stereocenters. The van der Waals surface area contributed by atoms with Gasteiger partial charge in [0.25, 0.3) is 0 Å². The van der Waals surface area contributed by atoms with Crippen molar-refractivity contribution in [2.75, 3.05) is 39.5 Å². The number of nitrogens with zero attached hydrogens (tertiary/aromatic N) is 1. The van der Waals surface area contributed by atoms with Crippen LogP contribution >= 0.6 is 23.5 Å². The van der Waals surface area contributed by atoms with Crippen LogP contribution in [0.3, 0.4) is 0 Å². The Morgan fingerprint density at radius 2 is 1.24 bits per heavy atom. The molecule has 29 heavy (non-hydrogen) atoms. The lowest BCUT2D eigenvalue weighted by molar-refractivity contribution is -0.889. The van der Waals surface area contributed by atoms with Crippen LogP contribution < -0.4 is 0 Å². The van der Waals surface area contributed by atoms with Crippen molar-refractivity contribution < 1.29 is 9.59 Å². The number of thioether (sulfide) groups is 2. The highest BCUT2D eigenvalue weighted by Crippen LogP contribution is 2.41. The van der Waals surface area contributed by atoms with E-state index in [1.54, 1.807) is 0 Å². The molecule has 1 saturated heterocycles.